The van der Waals surface area contributed by atoms with Crippen molar-refractivity contribution in [2.24, 2.45) is 7.05 Å². The molecule has 2 amide bonds. The Bertz CT molecular complexity index is 1330. The maximum absolute atomic E-state index is 13.4. The van der Waals surface area contributed by atoms with E-state index in [-0.39, 0.29) is 18.2 Å². The first kappa shape index (κ1) is 20.8. The van der Waals surface area contributed by atoms with Crippen LogP contribution in [0, 0.1) is 6.92 Å². The molecule has 0 spiro atoms. The molecule has 0 saturated heterocycles. The Morgan fingerprint density at radius 1 is 1.09 bits per heavy atom. The van der Waals surface area contributed by atoms with E-state index in [1.165, 1.54) is 0 Å². The van der Waals surface area contributed by atoms with E-state index >= 15 is 0 Å². The molecule has 2 aromatic carbocycles. The summed E-state index contributed by atoms with van der Waals surface area (Å²) < 4.78 is 7.06. The molecule has 0 fully saturated rings. The predicted molar refractivity (Wildman–Crippen MR) is 126 cm³/mol. The number of amides is 2. The van der Waals surface area contributed by atoms with Gasteiger partial charge in [-0.1, -0.05) is 18.2 Å². The Morgan fingerprint density at radius 3 is 2.64 bits per heavy atom. The molecule has 0 saturated carbocycles. The van der Waals surface area contributed by atoms with Gasteiger partial charge in [0.05, 0.1) is 24.1 Å². The standard InChI is InChI=1S/C26H24N4O3/c1-17-19(12-14-33-17)15-24(31)27-21-9-7-18(8-10-21)26(32)30-13-11-20-16-29(2)28-25(20)22-5-3-4-6-23(22)30/h3-10,12,14,16H,11,13,15H2,1-2H3,(H,27,31). The number of hydrogen-bond acceptors (Lipinski definition) is 4. The number of carbonyl (C=O) groups excluding carboxylic acids is 2. The number of aryl methyl sites for hydroxylation is 2. The molecule has 166 valence electrons. The highest BCUT2D eigenvalue weighted by atomic mass is 16.3. The first-order valence-corrected chi connectivity index (χ1v) is 10.9. The molecule has 3 heterocycles. The fourth-order valence-corrected chi connectivity index (χ4v) is 4.24. The largest absolute Gasteiger partial charge is 0.469 e. The van der Waals surface area contributed by atoms with Gasteiger partial charge in [-0.05, 0) is 55.3 Å². The van der Waals surface area contributed by atoms with Crippen molar-refractivity contribution in [3.05, 3.63) is 89.5 Å². The van der Waals surface area contributed by atoms with E-state index in [0.29, 0.717) is 17.8 Å². The third-order valence-corrected chi connectivity index (χ3v) is 5.94. The number of rotatable bonds is 4. The molecule has 0 radical (unpaired) electrons. The number of nitrogens with one attached hydrogen (secondary N) is 1. The summed E-state index contributed by atoms with van der Waals surface area (Å²) in [6, 6.07) is 16.7. The quantitative estimate of drug-likeness (QED) is 0.511. The van der Waals surface area contributed by atoms with Crippen LogP contribution < -0.4 is 10.2 Å². The smallest absolute Gasteiger partial charge is 0.258 e. The van der Waals surface area contributed by atoms with Gasteiger partial charge in [-0.15, -0.1) is 0 Å². The number of furan rings is 1. The summed E-state index contributed by atoms with van der Waals surface area (Å²) in [6.45, 7) is 2.40. The van der Waals surface area contributed by atoms with Crippen molar-refractivity contribution in [3.8, 4) is 11.3 Å². The van der Waals surface area contributed by atoms with Gasteiger partial charge in [0.2, 0.25) is 5.91 Å². The van der Waals surface area contributed by atoms with Crippen LogP contribution in [-0.4, -0.2) is 28.1 Å². The number of carbonyl (C=O) groups is 2. The summed E-state index contributed by atoms with van der Waals surface area (Å²) >= 11 is 0. The lowest BCUT2D eigenvalue weighted by atomic mass is 10.1. The Labute approximate surface area is 191 Å². The van der Waals surface area contributed by atoms with E-state index < -0.39 is 0 Å². The third-order valence-electron chi connectivity index (χ3n) is 5.94. The van der Waals surface area contributed by atoms with Crippen LogP contribution >= 0.6 is 0 Å². The number of benzene rings is 2. The Balaban J connectivity index is 1.34. The average molecular weight is 441 g/mol. The van der Waals surface area contributed by atoms with Gasteiger partial charge in [0.1, 0.15) is 5.76 Å². The van der Waals surface area contributed by atoms with E-state index in [0.717, 1.165) is 40.3 Å². The fourth-order valence-electron chi connectivity index (χ4n) is 4.24. The van der Waals surface area contributed by atoms with Crippen molar-refractivity contribution in [1.29, 1.82) is 0 Å². The Morgan fingerprint density at radius 2 is 1.88 bits per heavy atom. The highest BCUT2D eigenvalue weighted by Crippen LogP contribution is 2.36. The second-order valence-electron chi connectivity index (χ2n) is 8.20. The van der Waals surface area contributed by atoms with Gasteiger partial charge < -0.3 is 14.6 Å². The molecule has 33 heavy (non-hydrogen) atoms. The van der Waals surface area contributed by atoms with Crippen LogP contribution in [0.15, 0.2) is 71.5 Å². The van der Waals surface area contributed by atoms with Crippen LogP contribution in [0.2, 0.25) is 0 Å². The lowest BCUT2D eigenvalue weighted by Gasteiger charge is -2.23. The van der Waals surface area contributed by atoms with E-state index in [1.807, 2.05) is 54.0 Å². The molecule has 2 aromatic heterocycles. The number of anilines is 2. The van der Waals surface area contributed by atoms with Crippen molar-refractivity contribution in [2.45, 2.75) is 19.8 Å². The van der Waals surface area contributed by atoms with Gasteiger partial charge in [0, 0.05) is 42.2 Å². The van der Waals surface area contributed by atoms with Crippen LogP contribution in [0.5, 0.6) is 0 Å². The lowest BCUT2D eigenvalue weighted by molar-refractivity contribution is -0.115. The number of aromatic nitrogens is 2. The topological polar surface area (TPSA) is 80.4 Å². The van der Waals surface area contributed by atoms with E-state index in [4.69, 9.17) is 4.42 Å². The molecule has 1 N–H and O–H groups in total. The van der Waals surface area contributed by atoms with E-state index in [1.54, 1.807) is 36.6 Å². The van der Waals surface area contributed by atoms with Gasteiger partial charge in [0.15, 0.2) is 0 Å². The highest BCUT2D eigenvalue weighted by Gasteiger charge is 2.26. The molecular weight excluding hydrogens is 416 g/mol. The van der Waals surface area contributed by atoms with E-state index in [2.05, 4.69) is 10.4 Å². The molecule has 7 nitrogen and oxygen atoms in total. The molecule has 4 aromatic rings. The van der Waals surface area contributed by atoms with Crippen molar-refractivity contribution >= 4 is 23.2 Å². The molecule has 0 unspecified atom stereocenters. The monoisotopic (exact) mass is 440 g/mol. The van der Waals surface area contributed by atoms with Gasteiger partial charge >= 0.3 is 0 Å². The molecule has 1 aliphatic rings. The first-order chi connectivity index (χ1) is 16.0. The number of para-hydroxylation sites is 1. The second kappa shape index (κ2) is 8.43. The third kappa shape index (κ3) is 4.05. The normalized spacial score (nSPS) is 12.6. The molecule has 0 atom stereocenters. The molecule has 1 aliphatic heterocycles. The van der Waals surface area contributed by atoms with Gasteiger partial charge in [-0.2, -0.15) is 5.10 Å². The summed E-state index contributed by atoms with van der Waals surface area (Å²) in [5.41, 5.74) is 5.93. The van der Waals surface area contributed by atoms with Crippen molar-refractivity contribution in [2.75, 3.05) is 16.8 Å². The highest BCUT2D eigenvalue weighted by molar-refractivity contribution is 6.08. The summed E-state index contributed by atoms with van der Waals surface area (Å²) in [7, 11) is 1.91. The average Bonchev–Trinajstić information content (AvgIpc) is 3.35. The number of hydrogen-bond donors (Lipinski definition) is 1. The number of fused-ring (bicyclic) bond motifs is 3. The van der Waals surface area contributed by atoms with Crippen LogP contribution in [0.1, 0.15) is 27.2 Å². The Kier molecular flexibility index (Phi) is 5.30. The fraction of sp³-hybridized carbons (Fsp3) is 0.192. The minimum atomic E-state index is -0.134. The zero-order valence-electron chi connectivity index (χ0n) is 18.5. The summed E-state index contributed by atoms with van der Waals surface area (Å²) in [4.78, 5) is 27.6. The SMILES string of the molecule is Cc1occc1CC(=O)Nc1ccc(C(=O)N2CCc3cn(C)nc3-c3ccccc32)cc1. The van der Waals surface area contributed by atoms with Gasteiger partial charge in [-0.25, -0.2) is 0 Å². The number of nitrogens with zero attached hydrogens (tertiary/aromatic N) is 3. The zero-order valence-corrected chi connectivity index (χ0v) is 18.5. The van der Waals surface area contributed by atoms with Crippen LogP contribution in [-0.2, 0) is 24.7 Å². The summed E-state index contributed by atoms with van der Waals surface area (Å²) in [5.74, 6) is 0.524. The summed E-state index contributed by atoms with van der Waals surface area (Å²) in [6.07, 6.45) is 4.56. The minimum Gasteiger partial charge on any atom is -0.469 e. The Hall–Kier alpha value is -4.13. The molecule has 5 rings (SSSR count). The van der Waals surface area contributed by atoms with Gasteiger partial charge in [-0.3, -0.25) is 14.3 Å². The zero-order chi connectivity index (χ0) is 22.9. The molecule has 0 bridgehead atoms. The minimum absolute atomic E-state index is 0.0797. The lowest BCUT2D eigenvalue weighted by Crippen LogP contribution is -2.32. The maximum Gasteiger partial charge on any atom is 0.258 e. The van der Waals surface area contributed by atoms with Crippen LogP contribution in [0.4, 0.5) is 11.4 Å². The second-order valence-corrected chi connectivity index (χ2v) is 8.20. The molecular formula is C26H24N4O3. The predicted octanol–water partition coefficient (Wildman–Crippen LogP) is 4.37. The van der Waals surface area contributed by atoms with Crippen LogP contribution in [0.3, 0.4) is 0 Å². The molecule has 0 aliphatic carbocycles. The van der Waals surface area contributed by atoms with E-state index in [9.17, 15) is 9.59 Å². The van der Waals surface area contributed by atoms with Gasteiger partial charge in [0.25, 0.3) is 5.91 Å². The summed E-state index contributed by atoms with van der Waals surface area (Å²) in [5, 5.41) is 7.50. The first-order valence-electron chi connectivity index (χ1n) is 10.9. The maximum atomic E-state index is 13.4. The van der Waals surface area contributed by atoms with Crippen molar-refractivity contribution < 1.29 is 14.0 Å². The van der Waals surface area contributed by atoms with Crippen LogP contribution in [0.25, 0.3) is 11.3 Å². The van der Waals surface area contributed by atoms with Crippen molar-refractivity contribution in [3.63, 3.8) is 0 Å². The van der Waals surface area contributed by atoms with Crippen molar-refractivity contribution in [1.82, 2.24) is 9.78 Å². The molecule has 7 heteroatoms.